The van der Waals surface area contributed by atoms with Crippen LogP contribution in [-0.2, 0) is 28.6 Å². The first-order valence-electron chi connectivity index (χ1n) is 30.2. The Balaban J connectivity index is 4.52. The molecule has 0 aliphatic carbocycles. The molecule has 0 amide bonds. The second kappa shape index (κ2) is 61.1. The number of allylic oxidation sites excluding steroid dienone is 22. The van der Waals surface area contributed by atoms with Crippen molar-refractivity contribution in [3.8, 4) is 0 Å². The molecule has 6 heteroatoms. The molecular weight excluding hydrogens is 913 g/mol. The van der Waals surface area contributed by atoms with Gasteiger partial charge in [-0.05, 0) is 109 Å². The van der Waals surface area contributed by atoms with Crippen molar-refractivity contribution < 1.29 is 28.6 Å². The maximum atomic E-state index is 12.9. The summed E-state index contributed by atoms with van der Waals surface area (Å²) < 4.78 is 16.8. The van der Waals surface area contributed by atoms with E-state index in [0.717, 1.165) is 128 Å². The van der Waals surface area contributed by atoms with Crippen molar-refractivity contribution in [1.29, 1.82) is 0 Å². The zero-order valence-electron chi connectivity index (χ0n) is 47.8. The van der Waals surface area contributed by atoms with E-state index in [4.69, 9.17) is 14.2 Å². The van der Waals surface area contributed by atoms with Gasteiger partial charge in [0.25, 0.3) is 0 Å². The standard InChI is InChI=1S/C68H110O6/c1-4-7-10-13-16-19-22-25-28-31-32-33-34-35-36-38-40-43-46-49-52-55-58-61-67(70)73-64-65(63-72-66(69)60-57-54-51-48-45-42-39-30-27-24-21-18-15-12-9-6-3)74-68(71)62-59-56-53-50-47-44-41-37-29-26-23-20-17-14-11-8-5-2/h7-8,10-11,16-17,19-20,25-26,28-29,32-33,35-36,40-41,43-44,50,53,65H,4-6,9,12-15,18,21-24,27,30-31,34,37-39,42,45-49,51-52,54-64H2,1-3H3/b10-7-,11-8-,19-16-,20-17-,28-25-,29-26-,33-32-,36-35-,43-40-,44-41-,53-50-. The highest BCUT2D eigenvalue weighted by molar-refractivity contribution is 5.71. The van der Waals surface area contributed by atoms with E-state index in [9.17, 15) is 14.4 Å². The van der Waals surface area contributed by atoms with E-state index in [0.29, 0.717) is 19.3 Å². The van der Waals surface area contributed by atoms with Gasteiger partial charge in [0, 0.05) is 19.3 Å². The van der Waals surface area contributed by atoms with Gasteiger partial charge in [-0.1, -0.05) is 264 Å². The molecule has 0 saturated heterocycles. The lowest BCUT2D eigenvalue weighted by Crippen LogP contribution is -2.30. The van der Waals surface area contributed by atoms with Crippen LogP contribution in [0.15, 0.2) is 134 Å². The number of hydrogen-bond acceptors (Lipinski definition) is 6. The van der Waals surface area contributed by atoms with Crippen molar-refractivity contribution in [2.24, 2.45) is 0 Å². The Kier molecular flexibility index (Phi) is 57.4. The lowest BCUT2D eigenvalue weighted by Gasteiger charge is -2.18. The maximum Gasteiger partial charge on any atom is 0.306 e. The summed E-state index contributed by atoms with van der Waals surface area (Å²) >= 11 is 0. The fraction of sp³-hybridized carbons (Fsp3) is 0.632. The average Bonchev–Trinajstić information content (AvgIpc) is 3.40. The molecule has 418 valence electrons. The van der Waals surface area contributed by atoms with Gasteiger partial charge in [0.15, 0.2) is 6.10 Å². The third-order valence-corrected chi connectivity index (χ3v) is 12.4. The largest absolute Gasteiger partial charge is 0.462 e. The number of esters is 3. The summed E-state index contributed by atoms with van der Waals surface area (Å²) in [5.41, 5.74) is 0. The summed E-state index contributed by atoms with van der Waals surface area (Å²) in [6.45, 7) is 6.35. The molecule has 0 radical (unpaired) electrons. The van der Waals surface area contributed by atoms with E-state index in [1.807, 2.05) is 0 Å². The number of hydrogen-bond donors (Lipinski definition) is 0. The molecule has 0 aliphatic heterocycles. The second-order valence-corrected chi connectivity index (χ2v) is 19.5. The predicted molar refractivity (Wildman–Crippen MR) is 320 cm³/mol. The Labute approximate surface area is 455 Å². The molecular formula is C68H110O6. The summed E-state index contributed by atoms with van der Waals surface area (Å²) in [7, 11) is 0. The molecule has 1 atom stereocenters. The van der Waals surface area contributed by atoms with Gasteiger partial charge in [-0.3, -0.25) is 14.4 Å². The number of carbonyl (C=O) groups is 3. The van der Waals surface area contributed by atoms with Crippen LogP contribution in [0.2, 0.25) is 0 Å². The van der Waals surface area contributed by atoms with E-state index < -0.39 is 6.10 Å². The summed E-state index contributed by atoms with van der Waals surface area (Å²) in [5.74, 6) is -0.995. The van der Waals surface area contributed by atoms with Crippen LogP contribution in [-0.4, -0.2) is 37.2 Å². The van der Waals surface area contributed by atoms with Gasteiger partial charge < -0.3 is 14.2 Å². The summed E-state index contributed by atoms with van der Waals surface area (Å²) in [6.07, 6.45) is 85.9. The van der Waals surface area contributed by atoms with Gasteiger partial charge in [0.05, 0.1) is 0 Å². The van der Waals surface area contributed by atoms with Crippen molar-refractivity contribution in [3.63, 3.8) is 0 Å². The van der Waals surface area contributed by atoms with Crippen LogP contribution in [0.1, 0.15) is 258 Å². The van der Waals surface area contributed by atoms with Crippen LogP contribution >= 0.6 is 0 Å². The van der Waals surface area contributed by atoms with Crippen LogP contribution in [0.4, 0.5) is 0 Å². The van der Waals surface area contributed by atoms with Gasteiger partial charge in [-0.15, -0.1) is 0 Å². The number of carbonyl (C=O) groups excluding carboxylic acids is 3. The Morgan fingerprint density at radius 3 is 0.865 bits per heavy atom. The molecule has 0 fully saturated rings. The number of rotatable bonds is 53. The van der Waals surface area contributed by atoms with Gasteiger partial charge in [-0.25, -0.2) is 0 Å². The fourth-order valence-electron chi connectivity index (χ4n) is 7.95. The van der Waals surface area contributed by atoms with E-state index >= 15 is 0 Å². The van der Waals surface area contributed by atoms with Crippen molar-refractivity contribution in [2.45, 2.75) is 264 Å². The van der Waals surface area contributed by atoms with E-state index in [-0.39, 0.29) is 37.5 Å². The predicted octanol–water partition coefficient (Wildman–Crippen LogP) is 20.6. The number of ether oxygens (including phenoxy) is 3. The molecule has 0 aromatic carbocycles. The summed E-state index contributed by atoms with van der Waals surface area (Å²) in [5, 5.41) is 0. The number of unbranched alkanes of at least 4 members (excludes halogenated alkanes) is 20. The van der Waals surface area contributed by atoms with E-state index in [1.165, 1.54) is 83.5 Å². The van der Waals surface area contributed by atoms with Crippen molar-refractivity contribution in [3.05, 3.63) is 134 Å². The van der Waals surface area contributed by atoms with Crippen molar-refractivity contribution in [2.75, 3.05) is 13.2 Å². The Morgan fingerprint density at radius 2 is 0.541 bits per heavy atom. The minimum Gasteiger partial charge on any atom is -0.462 e. The monoisotopic (exact) mass is 1020 g/mol. The third-order valence-electron chi connectivity index (χ3n) is 12.4. The molecule has 1 unspecified atom stereocenters. The molecule has 74 heavy (non-hydrogen) atoms. The highest BCUT2D eigenvalue weighted by atomic mass is 16.6. The molecule has 0 rings (SSSR count). The molecule has 0 heterocycles. The minimum absolute atomic E-state index is 0.111. The lowest BCUT2D eigenvalue weighted by molar-refractivity contribution is -0.167. The van der Waals surface area contributed by atoms with Gasteiger partial charge in [0.1, 0.15) is 13.2 Å². The smallest absolute Gasteiger partial charge is 0.306 e. The molecule has 0 bridgehead atoms. The third kappa shape index (κ3) is 58.4. The van der Waals surface area contributed by atoms with E-state index in [2.05, 4.69) is 154 Å². The molecule has 6 nitrogen and oxygen atoms in total. The quantitative estimate of drug-likeness (QED) is 0.0261. The maximum absolute atomic E-state index is 12.9. The SMILES string of the molecule is CC/C=C\C/C=C\C/C=C\C/C=C\C/C=C\C/C=C\CCCCCCC(=O)OCC(COC(=O)CCCCCCCCCCCCCCCCCC)OC(=O)CCC/C=C\C/C=C\C/C=C\C/C=C\C/C=C\CC. The second-order valence-electron chi connectivity index (χ2n) is 19.5. The Hall–Kier alpha value is -4.45. The van der Waals surface area contributed by atoms with Gasteiger partial charge >= 0.3 is 17.9 Å². The zero-order valence-corrected chi connectivity index (χ0v) is 47.8. The molecule has 0 N–H and O–H groups in total. The van der Waals surface area contributed by atoms with Crippen LogP contribution in [0.3, 0.4) is 0 Å². The molecule has 0 aromatic heterocycles. The van der Waals surface area contributed by atoms with Crippen LogP contribution < -0.4 is 0 Å². The zero-order chi connectivity index (χ0) is 53.6. The van der Waals surface area contributed by atoms with E-state index in [1.54, 1.807) is 0 Å². The van der Waals surface area contributed by atoms with Gasteiger partial charge in [0.2, 0.25) is 0 Å². The fourth-order valence-corrected chi connectivity index (χ4v) is 7.95. The summed E-state index contributed by atoms with van der Waals surface area (Å²) in [6, 6.07) is 0. The van der Waals surface area contributed by atoms with Crippen LogP contribution in [0.5, 0.6) is 0 Å². The van der Waals surface area contributed by atoms with Crippen LogP contribution in [0.25, 0.3) is 0 Å². The molecule has 0 saturated carbocycles. The Bertz CT molecular complexity index is 1600. The van der Waals surface area contributed by atoms with Crippen molar-refractivity contribution in [1.82, 2.24) is 0 Å². The highest BCUT2D eigenvalue weighted by Gasteiger charge is 2.19. The first-order valence-corrected chi connectivity index (χ1v) is 30.2. The van der Waals surface area contributed by atoms with Gasteiger partial charge in [-0.2, -0.15) is 0 Å². The molecule has 0 aliphatic rings. The van der Waals surface area contributed by atoms with Crippen molar-refractivity contribution >= 4 is 17.9 Å². The highest BCUT2D eigenvalue weighted by Crippen LogP contribution is 2.15. The summed E-state index contributed by atoms with van der Waals surface area (Å²) in [4.78, 5) is 38.2. The first kappa shape index (κ1) is 69.5. The first-order chi connectivity index (χ1) is 36.5. The average molecular weight is 1020 g/mol. The molecule has 0 spiro atoms. The van der Waals surface area contributed by atoms with Crippen LogP contribution in [0, 0.1) is 0 Å². The minimum atomic E-state index is -0.823. The Morgan fingerprint density at radius 1 is 0.284 bits per heavy atom. The lowest BCUT2D eigenvalue weighted by atomic mass is 10.0. The molecule has 0 aromatic rings. The normalized spacial score (nSPS) is 13.1. The topological polar surface area (TPSA) is 78.9 Å².